The number of allylic oxidation sites excluding steroid dienone is 2. The van der Waals surface area contributed by atoms with E-state index in [1.54, 1.807) is 0 Å². The van der Waals surface area contributed by atoms with Crippen LogP contribution in [-0.2, 0) is 0 Å². The zero-order valence-electron chi connectivity index (χ0n) is 6.06. The molecule has 0 fully saturated rings. The summed E-state index contributed by atoms with van der Waals surface area (Å²) in [6.45, 7) is 2.22. The van der Waals surface area contributed by atoms with Crippen LogP contribution in [0.3, 0.4) is 0 Å². The van der Waals surface area contributed by atoms with Gasteiger partial charge in [-0.25, -0.2) is 0 Å². The highest BCUT2D eigenvalue weighted by atomic mass is 14.6. The third-order valence-corrected chi connectivity index (χ3v) is 2.01. The minimum atomic E-state index is 0.777. The third-order valence-electron chi connectivity index (χ3n) is 2.01. The quantitative estimate of drug-likeness (QED) is 0.570. The van der Waals surface area contributed by atoms with E-state index in [-0.39, 0.29) is 0 Å². The van der Waals surface area contributed by atoms with E-state index in [1.807, 2.05) is 0 Å². The van der Waals surface area contributed by atoms with Crippen molar-refractivity contribution in [3.05, 3.63) is 11.8 Å². The first kappa shape index (κ1) is 6.66. The van der Waals surface area contributed by atoms with Crippen molar-refractivity contribution < 1.29 is 0 Å². The van der Waals surface area contributed by atoms with Crippen molar-refractivity contribution in [2.24, 2.45) is 11.7 Å². The minimum Gasteiger partial charge on any atom is -0.402 e. The van der Waals surface area contributed by atoms with Crippen molar-refractivity contribution in [1.82, 2.24) is 0 Å². The van der Waals surface area contributed by atoms with Crippen molar-refractivity contribution in [3.63, 3.8) is 0 Å². The molecule has 0 aromatic rings. The zero-order chi connectivity index (χ0) is 6.69. The van der Waals surface area contributed by atoms with Gasteiger partial charge in [0.15, 0.2) is 0 Å². The largest absolute Gasteiger partial charge is 0.402 e. The van der Waals surface area contributed by atoms with E-state index in [0.717, 1.165) is 18.0 Å². The van der Waals surface area contributed by atoms with Crippen molar-refractivity contribution in [3.8, 4) is 0 Å². The molecule has 0 radical (unpaired) electrons. The van der Waals surface area contributed by atoms with Crippen molar-refractivity contribution in [1.29, 1.82) is 0 Å². The summed E-state index contributed by atoms with van der Waals surface area (Å²) in [4.78, 5) is 0. The van der Waals surface area contributed by atoms with E-state index in [1.165, 1.54) is 19.3 Å². The van der Waals surface area contributed by atoms with E-state index in [0.29, 0.717) is 0 Å². The summed E-state index contributed by atoms with van der Waals surface area (Å²) in [5, 5.41) is 0. The van der Waals surface area contributed by atoms with Crippen LogP contribution in [0.4, 0.5) is 0 Å². The van der Waals surface area contributed by atoms with Crippen LogP contribution in [0.2, 0.25) is 0 Å². The highest BCUT2D eigenvalue weighted by Gasteiger charge is 2.08. The van der Waals surface area contributed by atoms with Gasteiger partial charge in [-0.05, 0) is 31.6 Å². The van der Waals surface area contributed by atoms with E-state index >= 15 is 0 Å². The summed E-state index contributed by atoms with van der Waals surface area (Å²) >= 11 is 0. The molecule has 52 valence electrons. The summed E-state index contributed by atoms with van der Waals surface area (Å²) in [6.07, 6.45) is 7.23. The first-order valence-electron chi connectivity index (χ1n) is 3.79. The molecule has 1 rings (SSSR count). The van der Waals surface area contributed by atoms with Crippen LogP contribution in [0.25, 0.3) is 0 Å². The molecule has 0 amide bonds. The Morgan fingerprint density at radius 1 is 1.78 bits per heavy atom. The van der Waals surface area contributed by atoms with Crippen LogP contribution >= 0.6 is 0 Å². The topological polar surface area (TPSA) is 26.0 Å². The Morgan fingerprint density at radius 2 is 2.56 bits per heavy atom. The first-order chi connectivity index (χ1) is 4.33. The molecule has 1 aliphatic rings. The summed E-state index contributed by atoms with van der Waals surface area (Å²) in [5.41, 5.74) is 6.77. The van der Waals surface area contributed by atoms with Crippen molar-refractivity contribution >= 4 is 0 Å². The molecule has 0 aromatic carbocycles. The predicted molar refractivity (Wildman–Crippen MR) is 39.9 cm³/mol. The van der Waals surface area contributed by atoms with E-state index in [2.05, 4.69) is 13.0 Å². The lowest BCUT2D eigenvalue weighted by molar-refractivity contribution is 0.512. The molecule has 0 aliphatic heterocycles. The van der Waals surface area contributed by atoms with Gasteiger partial charge in [-0.1, -0.05) is 13.0 Å². The van der Waals surface area contributed by atoms with Gasteiger partial charge in [-0.2, -0.15) is 0 Å². The molecule has 0 heterocycles. The fraction of sp³-hybridized carbons (Fsp3) is 0.750. The first-order valence-corrected chi connectivity index (χ1v) is 3.79. The van der Waals surface area contributed by atoms with Gasteiger partial charge in [0.05, 0.1) is 0 Å². The normalized spacial score (nSPS) is 27.7. The maximum absolute atomic E-state index is 5.66. The maximum atomic E-state index is 5.66. The standard InChI is InChI=1S/C8H15N/c1-2-7-4-3-5-8(9)6-7/h6-7H,2-5,9H2,1H3. The molecule has 0 aromatic heterocycles. The predicted octanol–water partition coefficient (Wildman–Crippen LogP) is 2.04. The van der Waals surface area contributed by atoms with E-state index in [9.17, 15) is 0 Å². The monoisotopic (exact) mass is 125 g/mol. The summed E-state index contributed by atoms with van der Waals surface area (Å²) in [7, 11) is 0. The number of hydrogen-bond donors (Lipinski definition) is 1. The van der Waals surface area contributed by atoms with Crippen LogP contribution in [-0.4, -0.2) is 0 Å². The average Bonchev–Trinajstić information content (AvgIpc) is 1.88. The number of nitrogens with two attached hydrogens (primary N) is 1. The van der Waals surface area contributed by atoms with Crippen LogP contribution in [0.5, 0.6) is 0 Å². The summed E-state index contributed by atoms with van der Waals surface area (Å²) < 4.78 is 0. The number of rotatable bonds is 1. The second-order valence-electron chi connectivity index (χ2n) is 2.80. The highest BCUT2D eigenvalue weighted by Crippen LogP contribution is 2.21. The zero-order valence-corrected chi connectivity index (χ0v) is 6.06. The molecule has 1 atom stereocenters. The Balaban J connectivity index is 2.47. The lowest BCUT2D eigenvalue weighted by Gasteiger charge is -2.16. The molecule has 0 saturated carbocycles. The summed E-state index contributed by atoms with van der Waals surface area (Å²) in [6, 6.07) is 0. The molecular formula is C8H15N. The Hall–Kier alpha value is -0.460. The van der Waals surface area contributed by atoms with Crippen LogP contribution in [0, 0.1) is 5.92 Å². The van der Waals surface area contributed by atoms with Gasteiger partial charge in [-0.3, -0.25) is 0 Å². The second kappa shape index (κ2) is 2.90. The van der Waals surface area contributed by atoms with Gasteiger partial charge in [0.2, 0.25) is 0 Å². The lowest BCUT2D eigenvalue weighted by Crippen LogP contribution is -2.08. The van der Waals surface area contributed by atoms with Gasteiger partial charge in [-0.15, -0.1) is 0 Å². The van der Waals surface area contributed by atoms with Gasteiger partial charge in [0.25, 0.3) is 0 Å². The minimum absolute atomic E-state index is 0.777. The molecular weight excluding hydrogens is 110 g/mol. The molecule has 1 unspecified atom stereocenters. The summed E-state index contributed by atoms with van der Waals surface area (Å²) in [5.74, 6) is 0.777. The van der Waals surface area contributed by atoms with Crippen molar-refractivity contribution in [2.45, 2.75) is 32.6 Å². The molecule has 9 heavy (non-hydrogen) atoms. The smallest absolute Gasteiger partial charge is 0.00427 e. The van der Waals surface area contributed by atoms with Gasteiger partial charge >= 0.3 is 0 Å². The molecule has 1 nitrogen and oxygen atoms in total. The SMILES string of the molecule is CCC1C=C(N)CCC1. The third kappa shape index (κ3) is 1.74. The highest BCUT2D eigenvalue weighted by molar-refractivity contribution is 5.02. The molecule has 0 spiro atoms. The molecule has 0 bridgehead atoms. The van der Waals surface area contributed by atoms with Crippen LogP contribution in [0.1, 0.15) is 32.6 Å². The van der Waals surface area contributed by atoms with Gasteiger partial charge < -0.3 is 5.73 Å². The number of hydrogen-bond acceptors (Lipinski definition) is 1. The lowest BCUT2D eigenvalue weighted by atomic mass is 9.92. The molecule has 1 aliphatic carbocycles. The van der Waals surface area contributed by atoms with Crippen molar-refractivity contribution in [2.75, 3.05) is 0 Å². The fourth-order valence-electron chi connectivity index (χ4n) is 1.36. The molecule has 2 N–H and O–H groups in total. The Morgan fingerprint density at radius 3 is 3.00 bits per heavy atom. The second-order valence-corrected chi connectivity index (χ2v) is 2.80. The van der Waals surface area contributed by atoms with Crippen LogP contribution < -0.4 is 5.73 Å². The van der Waals surface area contributed by atoms with E-state index < -0.39 is 0 Å². The Kier molecular flexibility index (Phi) is 2.15. The molecule has 0 saturated heterocycles. The fourth-order valence-corrected chi connectivity index (χ4v) is 1.36. The Bertz CT molecular complexity index is 116. The maximum Gasteiger partial charge on any atom is 0.00427 e. The Labute approximate surface area is 56.9 Å². The molecule has 1 heteroatoms. The average molecular weight is 125 g/mol. The van der Waals surface area contributed by atoms with Gasteiger partial charge in [0, 0.05) is 5.70 Å². The van der Waals surface area contributed by atoms with Gasteiger partial charge in [0.1, 0.15) is 0 Å². The van der Waals surface area contributed by atoms with E-state index in [4.69, 9.17) is 5.73 Å². The van der Waals surface area contributed by atoms with Crippen LogP contribution in [0.15, 0.2) is 11.8 Å².